The molecule has 4 atom stereocenters. The van der Waals surface area contributed by atoms with E-state index in [4.69, 9.17) is 0 Å². The molecular formula is C32H31BF2N2. The van der Waals surface area contributed by atoms with Gasteiger partial charge in [-0.3, -0.25) is 0 Å². The summed E-state index contributed by atoms with van der Waals surface area (Å²) in [5.74, 6) is -3.17. The molecule has 3 aromatic carbocycles. The zero-order valence-corrected chi connectivity index (χ0v) is 21.4. The minimum atomic E-state index is -2.14. The van der Waals surface area contributed by atoms with Gasteiger partial charge in [0.25, 0.3) is 6.71 Å². The summed E-state index contributed by atoms with van der Waals surface area (Å²) in [4.78, 5) is 3.86. The van der Waals surface area contributed by atoms with Crippen LogP contribution in [0.1, 0.15) is 82.3 Å². The molecule has 0 N–H and O–H groups in total. The second-order valence-electron chi connectivity index (χ2n) is 12.1. The van der Waals surface area contributed by atoms with E-state index >= 15 is 8.78 Å². The number of alkyl halides is 2. The fourth-order valence-corrected chi connectivity index (χ4v) is 8.97. The Labute approximate surface area is 220 Å². The van der Waals surface area contributed by atoms with Gasteiger partial charge in [-0.05, 0) is 91.2 Å². The fourth-order valence-electron chi connectivity index (χ4n) is 8.97. The van der Waals surface area contributed by atoms with Gasteiger partial charge in [0.05, 0.1) is 1.37 Å². The van der Waals surface area contributed by atoms with Gasteiger partial charge in [0.1, 0.15) is 0 Å². The van der Waals surface area contributed by atoms with Crippen LogP contribution in [0.3, 0.4) is 0 Å². The molecule has 186 valence electrons. The SMILES string of the molecule is [2H]C12CCCCC1([2H])N1c3cccc4c3B(c3ccc(C)c2c31)c1ccc(C)c2c1N4C1(F)CCCCC21F. The minimum Gasteiger partial charge on any atom is -0.338 e. The maximum atomic E-state index is 17.5. The first-order valence-corrected chi connectivity index (χ1v) is 14.1. The van der Waals surface area contributed by atoms with Crippen LogP contribution in [0, 0.1) is 13.8 Å². The highest BCUT2D eigenvalue weighted by Gasteiger charge is 2.68. The van der Waals surface area contributed by atoms with Crippen molar-refractivity contribution < 1.29 is 11.5 Å². The summed E-state index contributed by atoms with van der Waals surface area (Å²) in [6.45, 7) is 3.81. The smallest absolute Gasteiger partial charge is 0.252 e. The van der Waals surface area contributed by atoms with Gasteiger partial charge in [-0.2, -0.15) is 0 Å². The summed E-state index contributed by atoms with van der Waals surface area (Å²) in [6, 6.07) is 13.2. The standard InChI is InChI=1S/C32H31BF2N2/c1-18-12-14-21-29-26(18)20-8-3-4-9-23(20)36(29)24-10-7-11-25-28(24)33(21)22-15-13-19(2)27-30(22)37(25)32(35)17-6-5-16-31(27,32)34/h7,10-15,20,23H,3-6,8-9,16-17H2,1-2H3/i20D,23D. The molecule has 0 amide bonds. The third-order valence-corrected chi connectivity index (χ3v) is 10.4. The molecule has 2 nitrogen and oxygen atoms in total. The van der Waals surface area contributed by atoms with E-state index in [1.54, 1.807) is 4.90 Å². The van der Waals surface area contributed by atoms with Crippen LogP contribution < -0.4 is 26.2 Å². The molecule has 4 aliphatic heterocycles. The zero-order chi connectivity index (χ0) is 26.7. The summed E-state index contributed by atoms with van der Waals surface area (Å²) >= 11 is 0. The summed E-state index contributed by atoms with van der Waals surface area (Å²) in [7, 11) is 0. The van der Waals surface area contributed by atoms with Crippen molar-refractivity contribution in [2.24, 2.45) is 0 Å². The maximum absolute atomic E-state index is 17.5. The Morgan fingerprint density at radius 2 is 1.59 bits per heavy atom. The Bertz CT molecular complexity index is 1550. The topological polar surface area (TPSA) is 6.48 Å². The molecule has 6 aliphatic rings. The molecule has 37 heavy (non-hydrogen) atoms. The molecule has 3 aromatic rings. The van der Waals surface area contributed by atoms with Crippen LogP contribution in [-0.2, 0) is 5.67 Å². The van der Waals surface area contributed by atoms with Gasteiger partial charge < -0.3 is 9.80 Å². The van der Waals surface area contributed by atoms with Crippen LogP contribution in [0.4, 0.5) is 31.5 Å². The van der Waals surface area contributed by atoms with Crippen molar-refractivity contribution >= 4 is 45.9 Å². The molecular weight excluding hydrogens is 461 g/mol. The van der Waals surface area contributed by atoms with Gasteiger partial charge in [0.2, 0.25) is 5.79 Å². The van der Waals surface area contributed by atoms with Gasteiger partial charge in [-0.15, -0.1) is 0 Å². The predicted octanol–water partition coefficient (Wildman–Crippen LogP) is 6.18. The second kappa shape index (κ2) is 6.60. The Balaban J connectivity index is 1.43. The van der Waals surface area contributed by atoms with E-state index in [0.29, 0.717) is 31.2 Å². The van der Waals surface area contributed by atoms with Crippen LogP contribution in [0.25, 0.3) is 0 Å². The van der Waals surface area contributed by atoms with Gasteiger partial charge in [-0.25, -0.2) is 8.78 Å². The maximum Gasteiger partial charge on any atom is 0.252 e. The van der Waals surface area contributed by atoms with Crippen molar-refractivity contribution in [2.75, 3.05) is 9.80 Å². The molecule has 9 rings (SSSR count). The van der Waals surface area contributed by atoms with Crippen LogP contribution in [-0.4, -0.2) is 18.5 Å². The van der Waals surface area contributed by atoms with Gasteiger partial charge in [-0.1, -0.05) is 43.2 Å². The molecule has 2 fully saturated rings. The Kier molecular flexibility index (Phi) is 3.44. The molecule has 2 aliphatic carbocycles. The first kappa shape index (κ1) is 19.3. The lowest BCUT2D eigenvalue weighted by atomic mass is 9.33. The molecule has 0 spiro atoms. The van der Waals surface area contributed by atoms with E-state index < -0.39 is 23.4 Å². The highest BCUT2D eigenvalue weighted by atomic mass is 19.2. The summed E-state index contributed by atoms with van der Waals surface area (Å²) in [5, 5.41) is 0. The number of fused-ring (bicyclic) bond motifs is 10. The van der Waals surface area contributed by atoms with Crippen molar-refractivity contribution in [1.29, 1.82) is 0 Å². The van der Waals surface area contributed by atoms with Crippen molar-refractivity contribution in [3.63, 3.8) is 0 Å². The number of aryl methyl sites for hydroxylation is 2. The van der Waals surface area contributed by atoms with Gasteiger partial charge in [0, 0.05) is 48.0 Å². The van der Waals surface area contributed by atoms with E-state index in [2.05, 4.69) is 36.1 Å². The normalized spacial score (nSPS) is 36.3. The number of hydrogen-bond acceptors (Lipinski definition) is 2. The van der Waals surface area contributed by atoms with E-state index in [-0.39, 0.29) is 19.6 Å². The molecule has 0 radical (unpaired) electrons. The van der Waals surface area contributed by atoms with Crippen molar-refractivity contribution in [3.05, 3.63) is 64.7 Å². The highest BCUT2D eigenvalue weighted by Crippen LogP contribution is 2.64. The van der Waals surface area contributed by atoms with Crippen LogP contribution >= 0.6 is 0 Å². The number of halogens is 2. The predicted molar refractivity (Wildman–Crippen MR) is 148 cm³/mol. The molecule has 4 unspecified atom stereocenters. The van der Waals surface area contributed by atoms with E-state index in [1.165, 1.54) is 0 Å². The zero-order valence-electron chi connectivity index (χ0n) is 23.4. The molecule has 0 bridgehead atoms. The van der Waals surface area contributed by atoms with Crippen molar-refractivity contribution in [2.45, 2.75) is 88.6 Å². The largest absolute Gasteiger partial charge is 0.338 e. The Morgan fingerprint density at radius 1 is 0.865 bits per heavy atom. The number of benzene rings is 3. The molecule has 0 aromatic heterocycles. The van der Waals surface area contributed by atoms with Crippen LogP contribution in [0.15, 0.2) is 42.5 Å². The molecule has 4 heterocycles. The van der Waals surface area contributed by atoms with E-state index in [0.717, 1.165) is 68.7 Å². The molecule has 2 saturated carbocycles. The number of hydrogen-bond donors (Lipinski definition) is 0. The second-order valence-corrected chi connectivity index (χ2v) is 12.1. The number of rotatable bonds is 0. The van der Waals surface area contributed by atoms with Crippen LogP contribution in [0.2, 0.25) is 0 Å². The first-order chi connectivity index (χ1) is 18.7. The van der Waals surface area contributed by atoms with Crippen molar-refractivity contribution in [3.8, 4) is 0 Å². The summed E-state index contributed by atoms with van der Waals surface area (Å²) in [5.41, 5.74) is 7.68. The summed E-state index contributed by atoms with van der Waals surface area (Å²) < 4.78 is 54.5. The van der Waals surface area contributed by atoms with Crippen molar-refractivity contribution in [1.82, 2.24) is 0 Å². The minimum absolute atomic E-state index is 0.160. The molecule has 0 saturated heterocycles. The van der Waals surface area contributed by atoms with E-state index in [1.807, 2.05) is 25.1 Å². The lowest BCUT2D eigenvalue weighted by Crippen LogP contribution is -2.64. The average Bonchev–Trinajstić information content (AvgIpc) is 3.28. The lowest BCUT2D eigenvalue weighted by Gasteiger charge is -2.48. The lowest BCUT2D eigenvalue weighted by molar-refractivity contribution is -0.0618. The van der Waals surface area contributed by atoms with Gasteiger partial charge >= 0.3 is 0 Å². The third-order valence-electron chi connectivity index (χ3n) is 10.4. The monoisotopic (exact) mass is 494 g/mol. The third kappa shape index (κ3) is 2.16. The number of nitrogens with zero attached hydrogens (tertiary/aromatic N) is 2. The quantitative estimate of drug-likeness (QED) is 0.272. The average molecular weight is 494 g/mol. The molecule has 5 heteroatoms. The Hall–Kier alpha value is -2.82. The van der Waals surface area contributed by atoms with E-state index in [9.17, 15) is 2.74 Å². The number of anilines is 4. The van der Waals surface area contributed by atoms with Crippen LogP contribution in [0.5, 0.6) is 0 Å². The fraction of sp³-hybridized carbons (Fsp3) is 0.438. The first-order valence-electron chi connectivity index (χ1n) is 15.1. The van der Waals surface area contributed by atoms with Gasteiger partial charge in [0.15, 0.2) is 5.67 Å². The highest BCUT2D eigenvalue weighted by molar-refractivity contribution is 7.00. The summed E-state index contributed by atoms with van der Waals surface area (Å²) in [6.07, 6.45) is 4.83. The Morgan fingerprint density at radius 3 is 2.46 bits per heavy atom.